The zero-order chi connectivity index (χ0) is 17.9. The molecule has 1 aromatic heterocycles. The van der Waals surface area contributed by atoms with Crippen LogP contribution in [0.4, 0.5) is 0 Å². The molecule has 5 nitrogen and oxygen atoms in total. The van der Waals surface area contributed by atoms with Gasteiger partial charge in [-0.3, -0.25) is 9.89 Å². The largest absolute Gasteiger partial charge is 0.497 e. The van der Waals surface area contributed by atoms with E-state index in [1.807, 2.05) is 59.5 Å². The summed E-state index contributed by atoms with van der Waals surface area (Å²) in [5.74, 6) is 0.890. The average Bonchev–Trinajstić information content (AvgIpc) is 3.39. The molecule has 1 amide bonds. The number of nitrogens with one attached hydrogen (secondary N) is 1. The number of nitrogens with zero attached hydrogens (tertiary/aromatic N) is 2. The molecule has 0 radical (unpaired) electrons. The first-order valence-corrected chi connectivity index (χ1v) is 8.78. The number of hydrogen-bond donors (Lipinski definition) is 1. The van der Waals surface area contributed by atoms with E-state index in [4.69, 9.17) is 4.74 Å². The van der Waals surface area contributed by atoms with Crippen molar-refractivity contribution in [3.05, 3.63) is 71.9 Å². The molecule has 3 aromatic rings. The van der Waals surface area contributed by atoms with Gasteiger partial charge in [0.1, 0.15) is 5.75 Å². The average molecular weight is 347 g/mol. The minimum absolute atomic E-state index is 0.0754. The molecule has 1 saturated carbocycles. The van der Waals surface area contributed by atoms with Crippen LogP contribution in [0.25, 0.3) is 11.3 Å². The molecule has 4 rings (SSSR count). The Hall–Kier alpha value is -3.08. The number of rotatable bonds is 6. The van der Waals surface area contributed by atoms with Gasteiger partial charge >= 0.3 is 0 Å². The van der Waals surface area contributed by atoms with E-state index in [0.29, 0.717) is 18.2 Å². The molecule has 0 saturated heterocycles. The number of benzene rings is 2. The number of methoxy groups -OCH3 is 1. The fourth-order valence-corrected chi connectivity index (χ4v) is 3.10. The third-order valence-corrected chi connectivity index (χ3v) is 4.68. The quantitative estimate of drug-likeness (QED) is 0.736. The van der Waals surface area contributed by atoms with Crippen molar-refractivity contribution < 1.29 is 9.53 Å². The zero-order valence-corrected chi connectivity index (χ0v) is 14.7. The van der Waals surface area contributed by atoms with Crippen LogP contribution in [0, 0.1) is 0 Å². The van der Waals surface area contributed by atoms with Crippen LogP contribution in [-0.4, -0.2) is 34.2 Å². The maximum Gasteiger partial charge on any atom is 0.254 e. The van der Waals surface area contributed by atoms with Gasteiger partial charge in [-0.25, -0.2) is 0 Å². The molecule has 5 heteroatoms. The van der Waals surface area contributed by atoms with Crippen molar-refractivity contribution in [2.24, 2.45) is 0 Å². The first-order chi connectivity index (χ1) is 12.7. The number of aromatic nitrogens is 2. The molecular weight excluding hydrogens is 326 g/mol. The van der Waals surface area contributed by atoms with Crippen LogP contribution < -0.4 is 4.74 Å². The van der Waals surface area contributed by atoms with Crippen molar-refractivity contribution in [2.75, 3.05) is 7.11 Å². The lowest BCUT2D eigenvalue weighted by Crippen LogP contribution is -2.32. The van der Waals surface area contributed by atoms with Gasteiger partial charge in [0.05, 0.1) is 12.8 Å². The predicted molar refractivity (Wildman–Crippen MR) is 99.9 cm³/mol. The molecule has 1 fully saturated rings. The van der Waals surface area contributed by atoms with E-state index in [2.05, 4.69) is 10.2 Å². The van der Waals surface area contributed by atoms with Crippen molar-refractivity contribution in [1.82, 2.24) is 15.1 Å². The normalized spacial score (nSPS) is 13.4. The highest BCUT2D eigenvalue weighted by Gasteiger charge is 2.33. The molecule has 2 aromatic carbocycles. The van der Waals surface area contributed by atoms with Gasteiger partial charge in [-0.2, -0.15) is 5.10 Å². The fourth-order valence-electron chi connectivity index (χ4n) is 3.10. The Morgan fingerprint density at radius 3 is 2.65 bits per heavy atom. The Balaban J connectivity index is 1.54. The molecule has 0 unspecified atom stereocenters. The Kier molecular flexibility index (Phi) is 4.44. The highest BCUT2D eigenvalue weighted by Crippen LogP contribution is 2.30. The van der Waals surface area contributed by atoms with Crippen LogP contribution in [0.5, 0.6) is 5.75 Å². The zero-order valence-electron chi connectivity index (χ0n) is 14.7. The first-order valence-electron chi connectivity index (χ1n) is 8.78. The second-order valence-corrected chi connectivity index (χ2v) is 6.56. The molecule has 26 heavy (non-hydrogen) atoms. The predicted octanol–water partition coefficient (Wildman–Crippen LogP) is 3.89. The van der Waals surface area contributed by atoms with Crippen molar-refractivity contribution in [3.8, 4) is 17.0 Å². The molecule has 1 aliphatic rings. The lowest BCUT2D eigenvalue weighted by Gasteiger charge is -2.23. The second-order valence-electron chi connectivity index (χ2n) is 6.56. The topological polar surface area (TPSA) is 58.2 Å². The van der Waals surface area contributed by atoms with Crippen LogP contribution in [0.15, 0.2) is 60.8 Å². The Morgan fingerprint density at radius 2 is 2.00 bits per heavy atom. The molecule has 0 bridgehead atoms. The van der Waals surface area contributed by atoms with Gasteiger partial charge in [-0.15, -0.1) is 0 Å². The van der Waals surface area contributed by atoms with E-state index in [-0.39, 0.29) is 5.91 Å². The Labute approximate surface area is 152 Å². The van der Waals surface area contributed by atoms with Gasteiger partial charge in [0, 0.05) is 24.3 Å². The molecule has 0 aliphatic heterocycles. The van der Waals surface area contributed by atoms with E-state index >= 15 is 0 Å². The first kappa shape index (κ1) is 16.4. The van der Waals surface area contributed by atoms with Crippen LogP contribution in [0.1, 0.15) is 28.8 Å². The molecule has 0 atom stereocenters. The summed E-state index contributed by atoms with van der Waals surface area (Å²) in [7, 11) is 1.66. The van der Waals surface area contributed by atoms with Crippen molar-refractivity contribution in [1.29, 1.82) is 0 Å². The monoisotopic (exact) mass is 347 g/mol. The number of carbonyl (C=O) groups excluding carboxylic acids is 1. The summed E-state index contributed by atoms with van der Waals surface area (Å²) in [5.41, 5.74) is 3.76. The maximum atomic E-state index is 13.1. The van der Waals surface area contributed by atoms with E-state index < -0.39 is 0 Å². The van der Waals surface area contributed by atoms with E-state index in [1.54, 1.807) is 13.3 Å². The van der Waals surface area contributed by atoms with Gasteiger partial charge in [0.25, 0.3) is 5.91 Å². The van der Waals surface area contributed by atoms with Crippen LogP contribution in [0.2, 0.25) is 0 Å². The number of hydrogen-bond acceptors (Lipinski definition) is 3. The van der Waals surface area contributed by atoms with E-state index in [0.717, 1.165) is 35.4 Å². The molecule has 1 N–H and O–H groups in total. The minimum Gasteiger partial charge on any atom is -0.497 e. The van der Waals surface area contributed by atoms with Crippen molar-refractivity contribution in [2.45, 2.75) is 25.4 Å². The molecule has 1 aliphatic carbocycles. The molecule has 0 spiro atoms. The molecule has 132 valence electrons. The van der Waals surface area contributed by atoms with E-state index in [1.165, 1.54) is 0 Å². The van der Waals surface area contributed by atoms with Gasteiger partial charge in [0.15, 0.2) is 0 Å². The van der Waals surface area contributed by atoms with Gasteiger partial charge in [-0.1, -0.05) is 24.3 Å². The fraction of sp³-hybridized carbons (Fsp3) is 0.238. The molecular formula is C21H21N3O2. The number of amides is 1. The highest BCUT2D eigenvalue weighted by molar-refractivity contribution is 5.95. The number of carbonyl (C=O) groups is 1. The van der Waals surface area contributed by atoms with Gasteiger partial charge in [-0.05, 0) is 54.3 Å². The summed E-state index contributed by atoms with van der Waals surface area (Å²) in [6.45, 7) is 0.600. The Morgan fingerprint density at radius 1 is 1.19 bits per heavy atom. The summed E-state index contributed by atoms with van der Waals surface area (Å²) >= 11 is 0. The summed E-state index contributed by atoms with van der Waals surface area (Å²) in [4.78, 5) is 15.0. The summed E-state index contributed by atoms with van der Waals surface area (Å²) < 4.78 is 5.29. The summed E-state index contributed by atoms with van der Waals surface area (Å²) in [5, 5.41) is 6.91. The number of H-pyrrole nitrogens is 1. The SMILES string of the molecule is COc1cccc(CN(C(=O)c2ccc(-c3ccn[nH]3)cc2)C2CC2)c1. The van der Waals surface area contributed by atoms with Gasteiger partial charge < -0.3 is 9.64 Å². The minimum atomic E-state index is 0.0754. The highest BCUT2D eigenvalue weighted by atomic mass is 16.5. The number of aromatic amines is 1. The van der Waals surface area contributed by atoms with Crippen LogP contribution >= 0.6 is 0 Å². The van der Waals surface area contributed by atoms with Crippen LogP contribution in [0.3, 0.4) is 0 Å². The lowest BCUT2D eigenvalue weighted by molar-refractivity contribution is 0.0730. The third-order valence-electron chi connectivity index (χ3n) is 4.68. The van der Waals surface area contributed by atoms with Crippen molar-refractivity contribution >= 4 is 5.91 Å². The third kappa shape index (κ3) is 3.47. The molecule has 1 heterocycles. The second kappa shape index (κ2) is 7.04. The van der Waals surface area contributed by atoms with Crippen LogP contribution in [-0.2, 0) is 6.54 Å². The number of ether oxygens (including phenoxy) is 1. The van der Waals surface area contributed by atoms with Gasteiger partial charge in [0.2, 0.25) is 0 Å². The Bertz CT molecular complexity index is 884. The van der Waals surface area contributed by atoms with E-state index in [9.17, 15) is 4.79 Å². The summed E-state index contributed by atoms with van der Waals surface area (Å²) in [6, 6.07) is 17.8. The smallest absolute Gasteiger partial charge is 0.254 e. The summed E-state index contributed by atoms with van der Waals surface area (Å²) in [6.07, 6.45) is 3.86. The van der Waals surface area contributed by atoms with Crippen molar-refractivity contribution in [3.63, 3.8) is 0 Å². The standard InChI is InChI=1S/C21H21N3O2/c1-26-19-4-2-3-15(13-19)14-24(18-9-10-18)21(25)17-7-5-16(6-8-17)20-11-12-22-23-20/h2-8,11-13,18H,9-10,14H2,1H3,(H,22,23). The lowest BCUT2D eigenvalue weighted by atomic mass is 10.1. The maximum absolute atomic E-state index is 13.1.